The summed E-state index contributed by atoms with van der Waals surface area (Å²) in [6, 6.07) is 8.51. The molecule has 5 rings (SSSR count). The van der Waals surface area contributed by atoms with Gasteiger partial charge in [0, 0.05) is 12.1 Å². The van der Waals surface area contributed by atoms with Crippen molar-refractivity contribution in [2.45, 2.75) is 50.6 Å². The second-order valence-corrected chi connectivity index (χ2v) is 7.40. The molecule has 4 aliphatic carbocycles. The summed E-state index contributed by atoms with van der Waals surface area (Å²) in [5.41, 5.74) is 1.84. The Labute approximate surface area is 134 Å². The van der Waals surface area contributed by atoms with Gasteiger partial charge in [-0.1, -0.05) is 12.1 Å². The Morgan fingerprint density at radius 3 is 2.00 bits per heavy atom. The molecule has 1 N–H and O–H groups in total. The molecule has 0 unspecified atom stereocenters. The lowest BCUT2D eigenvalue weighted by Gasteiger charge is -2.57. The number of methoxy groups -OCH3 is 1. The molecule has 4 aliphatic rings. The Kier molecular flexibility index (Phi) is 4.20. The van der Waals surface area contributed by atoms with Crippen molar-refractivity contribution in [2.75, 3.05) is 7.11 Å². The summed E-state index contributed by atoms with van der Waals surface area (Å²) in [5.74, 6) is 4.00. The number of ether oxygens (including phenoxy) is 1. The highest BCUT2D eigenvalue weighted by Gasteiger charge is 2.50. The second-order valence-electron chi connectivity index (χ2n) is 7.40. The van der Waals surface area contributed by atoms with E-state index >= 15 is 0 Å². The minimum Gasteiger partial charge on any atom is -0.497 e. The monoisotopic (exact) mass is 307 g/mol. The normalized spacial score (nSPS) is 36.3. The van der Waals surface area contributed by atoms with Crippen molar-refractivity contribution in [3.05, 3.63) is 29.8 Å². The number of halogens is 1. The van der Waals surface area contributed by atoms with Crippen molar-refractivity contribution in [3.8, 4) is 5.75 Å². The SMILES string of the molecule is COc1ccc(CNC23CC4CC(CC(C4)C2)C3)cc1.Cl. The topological polar surface area (TPSA) is 21.3 Å². The average Bonchev–Trinajstić information content (AvgIpc) is 2.44. The number of hydrogen-bond acceptors (Lipinski definition) is 2. The van der Waals surface area contributed by atoms with Gasteiger partial charge in [0.2, 0.25) is 0 Å². The minimum atomic E-state index is 0. The highest BCUT2D eigenvalue weighted by molar-refractivity contribution is 5.85. The van der Waals surface area contributed by atoms with E-state index in [-0.39, 0.29) is 12.4 Å². The van der Waals surface area contributed by atoms with Crippen LogP contribution in [0.4, 0.5) is 0 Å². The van der Waals surface area contributed by atoms with E-state index in [0.717, 1.165) is 30.0 Å². The third-order valence-electron chi connectivity index (χ3n) is 5.86. The maximum absolute atomic E-state index is 5.23. The minimum absolute atomic E-state index is 0. The van der Waals surface area contributed by atoms with Crippen molar-refractivity contribution in [1.29, 1.82) is 0 Å². The quantitative estimate of drug-likeness (QED) is 0.901. The molecular weight excluding hydrogens is 282 g/mol. The first kappa shape index (κ1) is 15.2. The molecule has 1 aromatic rings. The number of benzene rings is 1. The fourth-order valence-electron chi connectivity index (χ4n) is 5.36. The van der Waals surface area contributed by atoms with E-state index in [4.69, 9.17) is 4.74 Å². The first-order chi connectivity index (χ1) is 9.75. The van der Waals surface area contributed by atoms with Crippen LogP contribution in [0.1, 0.15) is 44.1 Å². The van der Waals surface area contributed by atoms with Crippen LogP contribution in [0, 0.1) is 17.8 Å². The van der Waals surface area contributed by atoms with Crippen molar-refractivity contribution in [3.63, 3.8) is 0 Å². The summed E-state index contributed by atoms with van der Waals surface area (Å²) in [6.07, 6.45) is 8.83. The molecule has 0 spiro atoms. The summed E-state index contributed by atoms with van der Waals surface area (Å²) in [7, 11) is 1.72. The van der Waals surface area contributed by atoms with E-state index < -0.39 is 0 Å². The van der Waals surface area contributed by atoms with E-state index in [0.29, 0.717) is 5.54 Å². The molecule has 0 radical (unpaired) electrons. The zero-order chi connectivity index (χ0) is 13.6. The molecule has 2 nitrogen and oxygen atoms in total. The first-order valence-corrected chi connectivity index (χ1v) is 8.13. The maximum atomic E-state index is 5.23. The zero-order valence-corrected chi connectivity index (χ0v) is 13.6. The predicted octanol–water partition coefficient (Wildman–Crippen LogP) is 4.18. The van der Waals surface area contributed by atoms with Crippen LogP contribution in [-0.4, -0.2) is 12.6 Å². The van der Waals surface area contributed by atoms with Gasteiger partial charge >= 0.3 is 0 Å². The third-order valence-corrected chi connectivity index (χ3v) is 5.86. The van der Waals surface area contributed by atoms with Gasteiger partial charge in [-0.15, -0.1) is 12.4 Å². The molecule has 0 atom stereocenters. The summed E-state index contributed by atoms with van der Waals surface area (Å²) in [4.78, 5) is 0. The van der Waals surface area contributed by atoms with Crippen LogP contribution in [0.5, 0.6) is 5.75 Å². The average molecular weight is 308 g/mol. The molecule has 0 aliphatic heterocycles. The molecule has 3 heteroatoms. The molecule has 4 fully saturated rings. The van der Waals surface area contributed by atoms with Crippen LogP contribution in [-0.2, 0) is 6.54 Å². The Morgan fingerprint density at radius 2 is 1.52 bits per heavy atom. The molecule has 0 aromatic heterocycles. The molecule has 4 bridgehead atoms. The fraction of sp³-hybridized carbons (Fsp3) is 0.667. The fourth-order valence-corrected chi connectivity index (χ4v) is 5.36. The van der Waals surface area contributed by atoms with E-state index in [2.05, 4.69) is 29.6 Å². The molecule has 0 amide bonds. The van der Waals surface area contributed by atoms with Gasteiger partial charge in [-0.05, 0) is 74.0 Å². The lowest BCUT2D eigenvalue weighted by atomic mass is 9.53. The largest absolute Gasteiger partial charge is 0.497 e. The number of rotatable bonds is 4. The Hall–Kier alpha value is -0.730. The van der Waals surface area contributed by atoms with Gasteiger partial charge in [0.1, 0.15) is 5.75 Å². The van der Waals surface area contributed by atoms with Gasteiger partial charge in [0.15, 0.2) is 0 Å². The Morgan fingerprint density at radius 1 is 1.00 bits per heavy atom. The maximum Gasteiger partial charge on any atom is 0.118 e. The summed E-state index contributed by atoms with van der Waals surface area (Å²) < 4.78 is 5.23. The molecule has 0 saturated heterocycles. The van der Waals surface area contributed by atoms with E-state index in [1.807, 2.05) is 0 Å². The van der Waals surface area contributed by atoms with Gasteiger partial charge in [0.25, 0.3) is 0 Å². The Bertz CT molecular complexity index is 449. The van der Waals surface area contributed by atoms with E-state index in [1.165, 1.54) is 44.1 Å². The Balaban J connectivity index is 0.00000132. The van der Waals surface area contributed by atoms with E-state index in [1.54, 1.807) is 7.11 Å². The number of hydrogen-bond donors (Lipinski definition) is 1. The predicted molar refractivity (Wildman–Crippen MR) is 88.0 cm³/mol. The zero-order valence-electron chi connectivity index (χ0n) is 12.8. The summed E-state index contributed by atoms with van der Waals surface area (Å²) >= 11 is 0. The van der Waals surface area contributed by atoms with Crippen LogP contribution in [0.15, 0.2) is 24.3 Å². The second kappa shape index (κ2) is 5.81. The van der Waals surface area contributed by atoms with Crippen LogP contribution in [0.2, 0.25) is 0 Å². The van der Waals surface area contributed by atoms with Crippen LogP contribution in [0.3, 0.4) is 0 Å². The number of nitrogens with one attached hydrogen (secondary N) is 1. The van der Waals surface area contributed by atoms with Gasteiger partial charge in [-0.25, -0.2) is 0 Å². The standard InChI is InChI=1S/C18H25NO.ClH/c1-20-17-4-2-13(3-5-17)12-19-18-9-14-6-15(10-18)8-16(7-14)11-18;/h2-5,14-16,19H,6-12H2,1H3;1H. The van der Waals surface area contributed by atoms with Gasteiger partial charge in [-0.3, -0.25) is 0 Å². The molecule has 0 heterocycles. The molecule has 4 saturated carbocycles. The van der Waals surface area contributed by atoms with Crippen molar-refractivity contribution in [2.24, 2.45) is 17.8 Å². The lowest BCUT2D eigenvalue weighted by Crippen LogP contribution is -2.58. The molecule has 116 valence electrons. The van der Waals surface area contributed by atoms with Crippen molar-refractivity contribution < 1.29 is 4.74 Å². The van der Waals surface area contributed by atoms with Crippen LogP contribution in [0.25, 0.3) is 0 Å². The van der Waals surface area contributed by atoms with Gasteiger partial charge in [-0.2, -0.15) is 0 Å². The molecule has 1 aromatic carbocycles. The summed E-state index contributed by atoms with van der Waals surface area (Å²) in [6.45, 7) is 1.01. The molecular formula is C18H26ClNO. The van der Waals surface area contributed by atoms with Crippen LogP contribution >= 0.6 is 12.4 Å². The highest BCUT2D eigenvalue weighted by Crippen LogP contribution is 2.55. The van der Waals surface area contributed by atoms with Crippen LogP contribution < -0.4 is 10.1 Å². The highest BCUT2D eigenvalue weighted by atomic mass is 35.5. The smallest absolute Gasteiger partial charge is 0.118 e. The van der Waals surface area contributed by atoms with Crippen molar-refractivity contribution in [1.82, 2.24) is 5.32 Å². The van der Waals surface area contributed by atoms with Gasteiger partial charge < -0.3 is 10.1 Å². The van der Waals surface area contributed by atoms with Gasteiger partial charge in [0.05, 0.1) is 7.11 Å². The third kappa shape index (κ3) is 2.93. The van der Waals surface area contributed by atoms with Crippen molar-refractivity contribution >= 4 is 12.4 Å². The lowest BCUT2D eigenvalue weighted by molar-refractivity contribution is -0.0206. The summed E-state index contributed by atoms with van der Waals surface area (Å²) in [5, 5.41) is 3.94. The first-order valence-electron chi connectivity index (χ1n) is 8.13. The van der Waals surface area contributed by atoms with E-state index in [9.17, 15) is 0 Å². The molecule has 21 heavy (non-hydrogen) atoms.